The van der Waals surface area contributed by atoms with Gasteiger partial charge in [0.2, 0.25) is 0 Å². The number of carbonyl (C=O) groups is 1. The fraction of sp³-hybridized carbons (Fsp3) is 0.333. The lowest BCUT2D eigenvalue weighted by Gasteiger charge is -2.36. The third-order valence-corrected chi connectivity index (χ3v) is 4.34. The maximum atomic E-state index is 13.9. The summed E-state index contributed by atoms with van der Waals surface area (Å²) in [6.45, 7) is 4.52. The summed E-state index contributed by atoms with van der Waals surface area (Å²) in [5, 5.41) is 0. The van der Waals surface area contributed by atoms with E-state index in [1.54, 1.807) is 29.2 Å². The number of nitrogens with zero attached hydrogens (tertiary/aromatic N) is 3. The lowest BCUT2D eigenvalue weighted by atomic mass is 10.1. The number of anilines is 1. The van der Waals surface area contributed by atoms with Gasteiger partial charge in [0.05, 0.1) is 22.6 Å². The van der Waals surface area contributed by atoms with Gasteiger partial charge in [-0.25, -0.2) is 4.39 Å². The third kappa shape index (κ3) is 4.63. The minimum Gasteiger partial charge on any atom is -0.366 e. The molecule has 0 unspecified atom stereocenters. The summed E-state index contributed by atoms with van der Waals surface area (Å²) < 4.78 is 13.9. The van der Waals surface area contributed by atoms with Crippen LogP contribution in [0.5, 0.6) is 0 Å². The van der Waals surface area contributed by atoms with Crippen LogP contribution >= 0.6 is 24.8 Å². The second kappa shape index (κ2) is 9.71. The number of rotatable bonds is 3. The summed E-state index contributed by atoms with van der Waals surface area (Å²) in [4.78, 5) is 20.8. The molecule has 0 spiro atoms. The van der Waals surface area contributed by atoms with Gasteiger partial charge in [-0.15, -0.1) is 24.8 Å². The summed E-state index contributed by atoms with van der Waals surface area (Å²) in [5.41, 5.74) is 8.24. The molecule has 2 N–H and O–H groups in total. The topological polar surface area (TPSA) is 62.5 Å². The van der Waals surface area contributed by atoms with Crippen molar-refractivity contribution in [3.8, 4) is 0 Å². The maximum Gasteiger partial charge on any atom is 0.255 e. The Kier molecular flexibility index (Phi) is 8.27. The molecule has 1 saturated heterocycles. The van der Waals surface area contributed by atoms with Crippen molar-refractivity contribution in [1.29, 1.82) is 0 Å². The Labute approximate surface area is 165 Å². The van der Waals surface area contributed by atoms with E-state index in [-0.39, 0.29) is 36.5 Å². The van der Waals surface area contributed by atoms with Gasteiger partial charge in [0.15, 0.2) is 0 Å². The molecule has 8 heteroatoms. The number of aryl methyl sites for hydroxylation is 1. The van der Waals surface area contributed by atoms with Crippen LogP contribution in [0.25, 0.3) is 0 Å². The highest BCUT2D eigenvalue weighted by Gasteiger charge is 2.24. The van der Waals surface area contributed by atoms with Gasteiger partial charge < -0.3 is 15.5 Å². The van der Waals surface area contributed by atoms with E-state index < -0.39 is 0 Å². The number of nitrogens with two attached hydrogens (primary N) is 1. The number of hydrogen-bond acceptors (Lipinski definition) is 4. The number of pyridine rings is 1. The number of amides is 1. The van der Waals surface area contributed by atoms with E-state index in [2.05, 4.69) is 4.98 Å². The molecule has 0 saturated carbocycles. The van der Waals surface area contributed by atoms with Crippen molar-refractivity contribution in [2.45, 2.75) is 13.5 Å². The first-order valence-corrected chi connectivity index (χ1v) is 8.05. The molecule has 26 heavy (non-hydrogen) atoms. The van der Waals surface area contributed by atoms with Crippen molar-refractivity contribution in [1.82, 2.24) is 9.88 Å². The summed E-state index contributed by atoms with van der Waals surface area (Å²) in [6.07, 6.45) is 0. The van der Waals surface area contributed by atoms with Gasteiger partial charge in [-0.1, -0.05) is 12.1 Å². The molecule has 1 aliphatic rings. The van der Waals surface area contributed by atoms with Gasteiger partial charge in [-0.2, -0.15) is 0 Å². The SMILES string of the molecule is Cc1nc(CN)ccc1C(=O)N1CCN(c2ccccc2F)CC1.Cl.Cl. The van der Waals surface area contributed by atoms with Crippen molar-refractivity contribution in [2.75, 3.05) is 31.1 Å². The number of para-hydroxylation sites is 1. The highest BCUT2D eigenvalue weighted by atomic mass is 35.5. The molecule has 0 aliphatic carbocycles. The Morgan fingerprint density at radius 2 is 1.77 bits per heavy atom. The second-order valence-corrected chi connectivity index (χ2v) is 5.87. The van der Waals surface area contributed by atoms with Gasteiger partial charge in [-0.05, 0) is 31.2 Å². The smallest absolute Gasteiger partial charge is 0.255 e. The summed E-state index contributed by atoms with van der Waals surface area (Å²) in [6, 6.07) is 10.3. The molecule has 0 atom stereocenters. The van der Waals surface area contributed by atoms with E-state index in [0.717, 1.165) is 5.69 Å². The molecule has 1 aromatic heterocycles. The van der Waals surface area contributed by atoms with Crippen LogP contribution in [-0.2, 0) is 6.54 Å². The number of carbonyl (C=O) groups excluding carboxylic acids is 1. The minimum absolute atomic E-state index is 0. The average Bonchev–Trinajstić information content (AvgIpc) is 2.61. The predicted octanol–water partition coefficient (Wildman–Crippen LogP) is 2.79. The number of hydrogen-bond donors (Lipinski definition) is 1. The molecular weight excluding hydrogens is 378 g/mol. The molecule has 3 rings (SSSR count). The maximum absolute atomic E-state index is 13.9. The van der Waals surface area contributed by atoms with Crippen LogP contribution in [0.15, 0.2) is 36.4 Å². The lowest BCUT2D eigenvalue weighted by molar-refractivity contribution is 0.0745. The van der Waals surface area contributed by atoms with Gasteiger partial charge in [0.1, 0.15) is 5.82 Å². The van der Waals surface area contributed by atoms with Gasteiger partial charge in [0, 0.05) is 32.7 Å². The molecule has 1 fully saturated rings. The monoisotopic (exact) mass is 400 g/mol. The van der Waals surface area contributed by atoms with E-state index >= 15 is 0 Å². The van der Waals surface area contributed by atoms with Crippen molar-refractivity contribution in [3.05, 3.63) is 59.2 Å². The highest BCUT2D eigenvalue weighted by Crippen LogP contribution is 2.21. The Morgan fingerprint density at radius 3 is 2.35 bits per heavy atom. The van der Waals surface area contributed by atoms with Crippen LogP contribution < -0.4 is 10.6 Å². The standard InChI is InChI=1S/C18H21FN4O.2ClH/c1-13-15(7-6-14(12-20)21-13)18(24)23-10-8-22(9-11-23)17-5-3-2-4-16(17)19;;/h2-7H,8-12,20H2,1H3;2*1H. The molecule has 1 amide bonds. The molecule has 2 aromatic rings. The fourth-order valence-corrected chi connectivity index (χ4v) is 2.98. The first-order valence-electron chi connectivity index (χ1n) is 8.05. The summed E-state index contributed by atoms with van der Waals surface area (Å²) in [5.74, 6) is -0.258. The zero-order valence-electron chi connectivity index (χ0n) is 14.5. The Hall–Kier alpha value is -1.89. The zero-order valence-corrected chi connectivity index (χ0v) is 16.2. The van der Waals surface area contributed by atoms with Crippen molar-refractivity contribution in [2.24, 2.45) is 5.73 Å². The van der Waals surface area contributed by atoms with Crippen LogP contribution in [0.3, 0.4) is 0 Å². The molecule has 142 valence electrons. The number of piperazine rings is 1. The third-order valence-electron chi connectivity index (χ3n) is 4.34. The number of aromatic nitrogens is 1. The van der Waals surface area contributed by atoms with Crippen LogP contribution in [0.1, 0.15) is 21.7 Å². The molecule has 2 heterocycles. The normalized spacial score (nSPS) is 13.7. The van der Waals surface area contributed by atoms with E-state index in [9.17, 15) is 9.18 Å². The van der Waals surface area contributed by atoms with Gasteiger partial charge in [0.25, 0.3) is 5.91 Å². The van der Waals surface area contributed by atoms with E-state index in [4.69, 9.17) is 5.73 Å². The van der Waals surface area contributed by atoms with Crippen molar-refractivity contribution >= 4 is 36.4 Å². The fourth-order valence-electron chi connectivity index (χ4n) is 2.98. The first kappa shape index (κ1) is 22.2. The molecule has 5 nitrogen and oxygen atoms in total. The Morgan fingerprint density at radius 1 is 1.12 bits per heavy atom. The molecule has 1 aliphatic heterocycles. The van der Waals surface area contributed by atoms with Crippen molar-refractivity contribution < 1.29 is 9.18 Å². The summed E-state index contributed by atoms with van der Waals surface area (Å²) >= 11 is 0. The van der Waals surface area contributed by atoms with Crippen LogP contribution in [0, 0.1) is 12.7 Å². The minimum atomic E-state index is -0.227. The van der Waals surface area contributed by atoms with Gasteiger partial charge in [-0.3, -0.25) is 9.78 Å². The van der Waals surface area contributed by atoms with E-state index in [1.807, 2.05) is 17.9 Å². The van der Waals surface area contributed by atoms with E-state index in [0.29, 0.717) is 49.7 Å². The zero-order chi connectivity index (χ0) is 17.1. The van der Waals surface area contributed by atoms with Crippen LogP contribution in [0.2, 0.25) is 0 Å². The van der Waals surface area contributed by atoms with Gasteiger partial charge >= 0.3 is 0 Å². The molecule has 0 bridgehead atoms. The highest BCUT2D eigenvalue weighted by molar-refractivity contribution is 5.95. The van der Waals surface area contributed by atoms with Crippen molar-refractivity contribution in [3.63, 3.8) is 0 Å². The average molecular weight is 401 g/mol. The largest absolute Gasteiger partial charge is 0.366 e. The number of halogens is 3. The van der Waals surface area contributed by atoms with Crippen LogP contribution in [0.4, 0.5) is 10.1 Å². The Balaban J connectivity index is 0.00000169. The first-order chi connectivity index (χ1) is 11.6. The summed E-state index contributed by atoms with van der Waals surface area (Å²) in [7, 11) is 0. The van der Waals surface area contributed by atoms with E-state index in [1.165, 1.54) is 6.07 Å². The predicted molar refractivity (Wildman–Crippen MR) is 106 cm³/mol. The lowest BCUT2D eigenvalue weighted by Crippen LogP contribution is -2.49. The number of benzene rings is 1. The Bertz CT molecular complexity index is 752. The second-order valence-electron chi connectivity index (χ2n) is 5.87. The molecular formula is C18H23Cl2FN4O. The molecule has 0 radical (unpaired) electrons. The quantitative estimate of drug-likeness (QED) is 0.859. The molecule has 1 aromatic carbocycles. The van der Waals surface area contributed by atoms with Crippen LogP contribution in [-0.4, -0.2) is 42.0 Å².